The van der Waals surface area contributed by atoms with Gasteiger partial charge in [-0.05, 0) is 29.2 Å². The molecule has 0 aliphatic carbocycles. The van der Waals surface area contributed by atoms with Gasteiger partial charge in [0.05, 0.1) is 30.3 Å². The molecule has 2 N–H and O–H groups in total. The molecular weight excluding hydrogens is 430 g/mol. The van der Waals surface area contributed by atoms with Gasteiger partial charge in [0.2, 0.25) is 10.0 Å². The highest BCUT2D eigenvalue weighted by molar-refractivity contribution is 7.92. The maximum Gasteiger partial charge on any atom is 0.296 e. The number of carbonyl (C=O) groups excluding carboxylic acids is 2. The number of fused-ring (bicyclic) bond motifs is 1. The second kappa shape index (κ2) is 8.31. The molecule has 0 saturated heterocycles. The van der Waals surface area contributed by atoms with Gasteiger partial charge in [-0.2, -0.15) is 0 Å². The van der Waals surface area contributed by atoms with Crippen molar-refractivity contribution in [1.29, 1.82) is 0 Å². The van der Waals surface area contributed by atoms with Crippen molar-refractivity contribution in [3.05, 3.63) is 53.7 Å². The lowest BCUT2D eigenvalue weighted by atomic mass is 9.86. The smallest absolute Gasteiger partial charge is 0.296 e. The normalized spacial score (nSPS) is 11.9. The number of nitrogens with one attached hydrogen (secondary N) is 2. The Balaban J connectivity index is 2.05. The number of aryl methyl sites for hydroxylation is 1. The minimum Gasteiger partial charge on any atom is -0.492 e. The van der Waals surface area contributed by atoms with Crippen LogP contribution >= 0.6 is 0 Å². The molecule has 0 spiro atoms. The van der Waals surface area contributed by atoms with Crippen molar-refractivity contribution < 1.29 is 22.7 Å². The van der Waals surface area contributed by atoms with Crippen molar-refractivity contribution in [3.8, 4) is 5.75 Å². The van der Waals surface area contributed by atoms with E-state index < -0.39 is 21.7 Å². The van der Waals surface area contributed by atoms with Crippen LogP contribution in [0.25, 0.3) is 10.9 Å². The molecule has 0 atom stereocenters. The van der Waals surface area contributed by atoms with E-state index in [1.54, 1.807) is 42.1 Å². The third kappa shape index (κ3) is 4.77. The minimum absolute atomic E-state index is 0.113. The monoisotopic (exact) mass is 457 g/mol. The van der Waals surface area contributed by atoms with Gasteiger partial charge in [0.1, 0.15) is 0 Å². The van der Waals surface area contributed by atoms with Crippen molar-refractivity contribution in [1.82, 2.24) is 4.57 Å². The molecule has 3 aromatic rings. The SMILES string of the molecule is COc1c(NC(=O)C(=O)c2cn(C)c3ccccc23)cc(C(C)(C)C)cc1NS(C)(=O)=O. The van der Waals surface area contributed by atoms with Crippen LogP contribution < -0.4 is 14.8 Å². The standard InChI is InChI=1S/C23H27N3O5S/c1-23(2,3)14-11-17(21(31-5)18(12-14)25-32(6,29)30)24-22(28)20(27)16-13-26(4)19-10-8-7-9-15(16)19/h7-13,25H,1-6H3,(H,24,28). The van der Waals surface area contributed by atoms with Gasteiger partial charge in [0, 0.05) is 24.1 Å². The lowest BCUT2D eigenvalue weighted by Crippen LogP contribution is -2.24. The summed E-state index contributed by atoms with van der Waals surface area (Å²) in [5, 5.41) is 3.29. The molecule has 0 fully saturated rings. The van der Waals surface area contributed by atoms with Crippen molar-refractivity contribution in [3.63, 3.8) is 0 Å². The first-order valence-electron chi connectivity index (χ1n) is 9.92. The molecule has 1 amide bonds. The van der Waals surface area contributed by atoms with Gasteiger partial charge in [-0.1, -0.05) is 39.0 Å². The van der Waals surface area contributed by atoms with E-state index in [0.717, 1.165) is 17.3 Å². The fourth-order valence-corrected chi connectivity index (χ4v) is 4.03. The van der Waals surface area contributed by atoms with Gasteiger partial charge in [-0.25, -0.2) is 8.42 Å². The number of aromatic nitrogens is 1. The number of ketones is 1. The zero-order valence-corrected chi connectivity index (χ0v) is 19.8. The quantitative estimate of drug-likeness (QED) is 0.434. The topological polar surface area (TPSA) is 106 Å². The number of Topliss-reactive ketones (excluding diaryl/α,β-unsaturated/α-hetero) is 1. The Morgan fingerprint density at radius 1 is 1.06 bits per heavy atom. The van der Waals surface area contributed by atoms with Gasteiger partial charge in [0.25, 0.3) is 11.7 Å². The van der Waals surface area contributed by atoms with Crippen LogP contribution in [-0.2, 0) is 27.3 Å². The van der Waals surface area contributed by atoms with Gasteiger partial charge in [-0.3, -0.25) is 14.3 Å². The minimum atomic E-state index is -3.61. The van der Waals surface area contributed by atoms with E-state index in [1.807, 2.05) is 32.9 Å². The van der Waals surface area contributed by atoms with Gasteiger partial charge >= 0.3 is 0 Å². The first-order valence-corrected chi connectivity index (χ1v) is 11.8. The Hall–Kier alpha value is -3.33. The van der Waals surface area contributed by atoms with E-state index in [-0.39, 0.29) is 28.1 Å². The fourth-order valence-electron chi connectivity index (χ4n) is 3.47. The van der Waals surface area contributed by atoms with E-state index in [4.69, 9.17) is 4.74 Å². The largest absolute Gasteiger partial charge is 0.492 e. The van der Waals surface area contributed by atoms with Gasteiger partial charge in [0.15, 0.2) is 5.75 Å². The zero-order chi connectivity index (χ0) is 23.8. The number of hydrogen-bond donors (Lipinski definition) is 2. The summed E-state index contributed by atoms with van der Waals surface area (Å²) in [7, 11) is -0.446. The lowest BCUT2D eigenvalue weighted by molar-refractivity contribution is -0.112. The Morgan fingerprint density at radius 3 is 2.28 bits per heavy atom. The van der Waals surface area contributed by atoms with E-state index in [0.29, 0.717) is 5.39 Å². The molecule has 2 aromatic carbocycles. The second-order valence-corrected chi connectivity index (χ2v) is 10.4. The number of sulfonamides is 1. The highest BCUT2D eigenvalue weighted by Gasteiger charge is 2.25. The lowest BCUT2D eigenvalue weighted by Gasteiger charge is -2.23. The average molecular weight is 458 g/mol. The van der Waals surface area contributed by atoms with Gasteiger partial charge < -0.3 is 14.6 Å². The summed E-state index contributed by atoms with van der Waals surface area (Å²) in [6, 6.07) is 10.6. The molecule has 0 unspecified atom stereocenters. The summed E-state index contributed by atoms with van der Waals surface area (Å²) in [5.41, 5.74) is 1.87. The number of anilines is 2. The number of nitrogens with zero attached hydrogens (tertiary/aromatic N) is 1. The summed E-state index contributed by atoms with van der Waals surface area (Å²) >= 11 is 0. The first kappa shape index (κ1) is 23.3. The molecule has 0 bridgehead atoms. The summed E-state index contributed by atoms with van der Waals surface area (Å²) in [6.45, 7) is 5.85. The molecule has 0 saturated carbocycles. The number of ether oxygens (including phenoxy) is 1. The molecule has 1 aromatic heterocycles. The Bertz CT molecular complexity index is 1320. The predicted octanol–water partition coefficient (Wildman–Crippen LogP) is 3.68. The summed E-state index contributed by atoms with van der Waals surface area (Å²) < 4.78 is 33.3. The Kier molecular flexibility index (Phi) is 6.06. The van der Waals surface area contributed by atoms with Crippen LogP contribution in [0.15, 0.2) is 42.6 Å². The van der Waals surface area contributed by atoms with E-state index >= 15 is 0 Å². The third-order valence-electron chi connectivity index (χ3n) is 5.05. The number of benzene rings is 2. The highest BCUT2D eigenvalue weighted by Crippen LogP contribution is 2.39. The van der Waals surface area contributed by atoms with Crippen molar-refractivity contribution in [2.75, 3.05) is 23.4 Å². The molecular formula is C23H27N3O5S. The summed E-state index contributed by atoms with van der Waals surface area (Å²) in [5.74, 6) is -1.44. The van der Waals surface area contributed by atoms with Crippen LogP contribution in [0.5, 0.6) is 5.75 Å². The third-order valence-corrected chi connectivity index (χ3v) is 5.64. The molecule has 0 radical (unpaired) electrons. The number of amides is 1. The molecule has 9 heteroatoms. The molecule has 3 rings (SSSR count). The van der Waals surface area contributed by atoms with Crippen LogP contribution in [0.1, 0.15) is 36.7 Å². The number of para-hydroxylation sites is 1. The van der Waals surface area contributed by atoms with Crippen molar-refractivity contribution >= 4 is 44.0 Å². The number of hydrogen-bond acceptors (Lipinski definition) is 5. The zero-order valence-electron chi connectivity index (χ0n) is 18.9. The number of methoxy groups -OCH3 is 1. The maximum atomic E-state index is 13.0. The molecule has 1 heterocycles. The van der Waals surface area contributed by atoms with Crippen molar-refractivity contribution in [2.24, 2.45) is 7.05 Å². The van der Waals surface area contributed by atoms with Crippen LogP contribution in [0.3, 0.4) is 0 Å². The molecule has 8 nitrogen and oxygen atoms in total. The average Bonchev–Trinajstić information content (AvgIpc) is 3.02. The van der Waals surface area contributed by atoms with E-state index in [2.05, 4.69) is 10.0 Å². The maximum absolute atomic E-state index is 13.0. The van der Waals surface area contributed by atoms with Crippen molar-refractivity contribution in [2.45, 2.75) is 26.2 Å². The first-order chi connectivity index (χ1) is 14.8. The Labute approximate surface area is 187 Å². The molecule has 0 aliphatic rings. The second-order valence-electron chi connectivity index (χ2n) is 8.68. The molecule has 32 heavy (non-hydrogen) atoms. The Morgan fingerprint density at radius 2 is 1.69 bits per heavy atom. The highest BCUT2D eigenvalue weighted by atomic mass is 32.2. The van der Waals surface area contributed by atoms with Crippen LogP contribution in [0, 0.1) is 0 Å². The molecule has 0 aliphatic heterocycles. The van der Waals surface area contributed by atoms with Crippen LogP contribution in [0.4, 0.5) is 11.4 Å². The fraction of sp³-hybridized carbons (Fsp3) is 0.304. The predicted molar refractivity (Wildman–Crippen MR) is 126 cm³/mol. The van der Waals surface area contributed by atoms with E-state index in [9.17, 15) is 18.0 Å². The number of carbonyl (C=O) groups is 2. The summed E-state index contributed by atoms with van der Waals surface area (Å²) in [6.07, 6.45) is 2.64. The summed E-state index contributed by atoms with van der Waals surface area (Å²) in [4.78, 5) is 25.9. The number of rotatable bonds is 6. The van der Waals surface area contributed by atoms with Crippen LogP contribution in [0.2, 0.25) is 0 Å². The van der Waals surface area contributed by atoms with Crippen LogP contribution in [-0.4, -0.2) is 38.0 Å². The molecule has 170 valence electrons. The van der Waals surface area contributed by atoms with Gasteiger partial charge in [-0.15, -0.1) is 0 Å². The van der Waals surface area contributed by atoms with E-state index in [1.165, 1.54) is 7.11 Å².